The fourth-order valence-electron chi connectivity index (χ4n) is 1.89. The van der Waals surface area contributed by atoms with Gasteiger partial charge in [0.2, 0.25) is 5.91 Å². The molecular weight excluding hydrogens is 321 g/mol. The van der Waals surface area contributed by atoms with Crippen molar-refractivity contribution in [1.29, 1.82) is 0 Å². The molecule has 1 amide bonds. The van der Waals surface area contributed by atoms with Crippen LogP contribution in [0.1, 0.15) is 36.2 Å². The smallest absolute Gasteiger partial charge is 0.248 e. The molecule has 0 spiro atoms. The highest BCUT2D eigenvalue weighted by atomic mass is 35.5. The second kappa shape index (κ2) is 6.79. The van der Waals surface area contributed by atoms with Gasteiger partial charge in [-0.2, -0.15) is 0 Å². The van der Waals surface area contributed by atoms with Crippen LogP contribution in [0.15, 0.2) is 12.1 Å². The number of hydrogen-bond donors (Lipinski definition) is 1. The average molecular weight is 337 g/mol. The molecule has 3 nitrogen and oxygen atoms in total. The van der Waals surface area contributed by atoms with Gasteiger partial charge in [0.15, 0.2) is 5.78 Å². The first-order valence-corrected chi connectivity index (χ1v) is 7.41. The molecule has 0 saturated carbocycles. The van der Waals surface area contributed by atoms with Crippen LogP contribution < -0.4 is 5.73 Å². The summed E-state index contributed by atoms with van der Waals surface area (Å²) in [5.74, 6) is -0.720. The van der Waals surface area contributed by atoms with E-state index in [9.17, 15) is 9.59 Å². The molecule has 0 saturated heterocycles. The third-order valence-electron chi connectivity index (χ3n) is 3.57. The van der Waals surface area contributed by atoms with E-state index in [4.69, 9.17) is 40.5 Å². The first-order chi connectivity index (χ1) is 9.25. The Labute approximate surface area is 133 Å². The van der Waals surface area contributed by atoms with Crippen molar-refractivity contribution in [2.45, 2.75) is 26.7 Å². The molecule has 0 aliphatic heterocycles. The maximum absolute atomic E-state index is 12.0. The number of ketones is 1. The summed E-state index contributed by atoms with van der Waals surface area (Å²) in [6.45, 7) is 3.73. The Morgan fingerprint density at radius 2 is 1.75 bits per heavy atom. The Morgan fingerprint density at radius 3 is 2.10 bits per heavy atom. The lowest BCUT2D eigenvalue weighted by Gasteiger charge is -2.27. The van der Waals surface area contributed by atoms with Gasteiger partial charge in [0.1, 0.15) is 0 Å². The van der Waals surface area contributed by atoms with E-state index in [1.165, 1.54) is 12.1 Å². The van der Waals surface area contributed by atoms with E-state index in [-0.39, 0.29) is 17.2 Å². The van der Waals surface area contributed by atoms with Gasteiger partial charge >= 0.3 is 0 Å². The molecule has 0 aliphatic carbocycles. The van der Waals surface area contributed by atoms with Gasteiger partial charge in [0, 0.05) is 21.0 Å². The van der Waals surface area contributed by atoms with Crippen molar-refractivity contribution in [2.24, 2.45) is 11.1 Å². The van der Waals surface area contributed by atoms with Gasteiger partial charge in [0.05, 0.1) is 5.88 Å². The number of rotatable bonds is 6. The van der Waals surface area contributed by atoms with Crippen molar-refractivity contribution >= 4 is 46.5 Å². The molecule has 1 unspecified atom stereocenters. The lowest BCUT2D eigenvalue weighted by atomic mass is 9.78. The van der Waals surface area contributed by atoms with Gasteiger partial charge in [-0.15, -0.1) is 11.6 Å². The number of Topliss-reactive ketones (excluding diaryl/α,β-unsaturated/α-hetero) is 1. The second-order valence-electron chi connectivity index (χ2n) is 4.93. The van der Waals surface area contributed by atoms with Crippen LogP contribution in [0.4, 0.5) is 0 Å². The minimum atomic E-state index is -0.636. The first-order valence-electron chi connectivity index (χ1n) is 6.12. The standard InChI is InChI=1S/C14H16Cl3NO2/c1-3-14(2,12(19)7-15)6-9-10(16)4-8(13(18)20)5-11(9)17/h4-5H,3,6-7H2,1-2H3,(H2,18,20). The number of carbonyl (C=O) groups is 2. The number of halogens is 3. The van der Waals surface area contributed by atoms with E-state index in [1.807, 2.05) is 13.8 Å². The zero-order valence-corrected chi connectivity index (χ0v) is 13.6. The number of hydrogen-bond acceptors (Lipinski definition) is 2. The summed E-state index contributed by atoms with van der Waals surface area (Å²) in [4.78, 5) is 23.1. The normalized spacial score (nSPS) is 13.8. The zero-order valence-electron chi connectivity index (χ0n) is 11.3. The van der Waals surface area contributed by atoms with Gasteiger partial charge in [-0.25, -0.2) is 0 Å². The van der Waals surface area contributed by atoms with Crippen LogP contribution in [0.3, 0.4) is 0 Å². The van der Waals surface area contributed by atoms with E-state index >= 15 is 0 Å². The summed E-state index contributed by atoms with van der Waals surface area (Å²) < 4.78 is 0. The third kappa shape index (κ3) is 3.66. The van der Waals surface area contributed by atoms with Crippen LogP contribution >= 0.6 is 34.8 Å². The molecule has 0 fully saturated rings. The molecule has 0 heterocycles. The Bertz CT molecular complexity index is 522. The van der Waals surface area contributed by atoms with Crippen molar-refractivity contribution in [2.75, 3.05) is 5.88 Å². The van der Waals surface area contributed by atoms with E-state index in [2.05, 4.69) is 0 Å². The Kier molecular flexibility index (Phi) is 5.87. The predicted octanol–water partition coefficient (Wildman–Crippen LogP) is 3.86. The minimum absolute atomic E-state index is 0.0566. The molecule has 0 bridgehead atoms. The zero-order chi connectivity index (χ0) is 15.5. The quantitative estimate of drug-likeness (QED) is 0.802. The van der Waals surface area contributed by atoms with Crippen molar-refractivity contribution in [3.63, 3.8) is 0 Å². The number of amides is 1. The maximum atomic E-state index is 12.0. The molecule has 0 aromatic heterocycles. The highest BCUT2D eigenvalue weighted by molar-refractivity contribution is 6.36. The van der Waals surface area contributed by atoms with Crippen molar-refractivity contribution in [3.05, 3.63) is 33.3 Å². The van der Waals surface area contributed by atoms with Crippen LogP contribution in [-0.4, -0.2) is 17.6 Å². The molecule has 0 radical (unpaired) electrons. The van der Waals surface area contributed by atoms with Gasteiger partial charge in [0.25, 0.3) is 0 Å². The maximum Gasteiger partial charge on any atom is 0.248 e. The lowest BCUT2D eigenvalue weighted by Crippen LogP contribution is -2.31. The lowest BCUT2D eigenvalue weighted by molar-refractivity contribution is -0.125. The van der Waals surface area contributed by atoms with Crippen molar-refractivity contribution in [3.8, 4) is 0 Å². The summed E-state index contributed by atoms with van der Waals surface area (Å²) >= 11 is 18.0. The monoisotopic (exact) mass is 335 g/mol. The number of carbonyl (C=O) groups excluding carboxylic acids is 2. The third-order valence-corrected chi connectivity index (χ3v) is 4.48. The fourth-order valence-corrected chi connectivity index (χ4v) is 2.83. The van der Waals surface area contributed by atoms with E-state index in [1.54, 1.807) is 0 Å². The summed E-state index contributed by atoms with van der Waals surface area (Å²) in [7, 11) is 0. The van der Waals surface area contributed by atoms with Crippen LogP contribution in [0.25, 0.3) is 0 Å². The molecule has 6 heteroatoms. The molecule has 110 valence electrons. The van der Waals surface area contributed by atoms with Gasteiger partial charge in [-0.1, -0.05) is 37.0 Å². The number of alkyl halides is 1. The van der Waals surface area contributed by atoms with Gasteiger partial charge in [-0.05, 0) is 30.5 Å². The van der Waals surface area contributed by atoms with Gasteiger partial charge < -0.3 is 5.73 Å². The van der Waals surface area contributed by atoms with Gasteiger partial charge in [-0.3, -0.25) is 9.59 Å². The molecule has 2 N–H and O–H groups in total. The summed E-state index contributed by atoms with van der Waals surface area (Å²) in [6, 6.07) is 2.93. The molecular formula is C14H16Cl3NO2. The number of nitrogens with two attached hydrogens (primary N) is 1. The minimum Gasteiger partial charge on any atom is -0.366 e. The molecule has 1 atom stereocenters. The van der Waals surface area contributed by atoms with Crippen LogP contribution in [0.2, 0.25) is 10.0 Å². The number of primary amides is 1. The molecule has 20 heavy (non-hydrogen) atoms. The summed E-state index contributed by atoms with van der Waals surface area (Å²) in [5, 5.41) is 0.654. The van der Waals surface area contributed by atoms with Crippen molar-refractivity contribution in [1.82, 2.24) is 0 Å². The fraction of sp³-hybridized carbons (Fsp3) is 0.429. The molecule has 1 aromatic carbocycles. The Morgan fingerprint density at radius 1 is 1.25 bits per heavy atom. The highest BCUT2D eigenvalue weighted by Gasteiger charge is 2.32. The molecule has 0 aliphatic rings. The summed E-state index contributed by atoms with van der Waals surface area (Å²) in [6.07, 6.45) is 0.981. The van der Waals surface area contributed by atoms with Crippen LogP contribution in [-0.2, 0) is 11.2 Å². The first kappa shape index (κ1) is 17.3. The SMILES string of the molecule is CCC(C)(Cc1c(Cl)cc(C(N)=O)cc1Cl)C(=O)CCl. The average Bonchev–Trinajstić information content (AvgIpc) is 2.41. The predicted molar refractivity (Wildman–Crippen MR) is 82.8 cm³/mol. The second-order valence-corrected chi connectivity index (χ2v) is 6.01. The van der Waals surface area contributed by atoms with E-state index in [0.717, 1.165) is 0 Å². The Balaban J connectivity index is 3.21. The highest BCUT2D eigenvalue weighted by Crippen LogP contribution is 2.35. The van der Waals surface area contributed by atoms with Crippen LogP contribution in [0.5, 0.6) is 0 Å². The van der Waals surface area contributed by atoms with E-state index < -0.39 is 11.3 Å². The number of benzene rings is 1. The summed E-state index contributed by atoms with van der Waals surface area (Å²) in [5.41, 5.74) is 5.43. The van der Waals surface area contributed by atoms with E-state index in [0.29, 0.717) is 28.5 Å². The van der Waals surface area contributed by atoms with Crippen LogP contribution in [0, 0.1) is 5.41 Å². The topological polar surface area (TPSA) is 60.2 Å². The molecule has 1 aromatic rings. The largest absolute Gasteiger partial charge is 0.366 e. The molecule has 1 rings (SSSR count). The van der Waals surface area contributed by atoms with Crippen molar-refractivity contribution < 1.29 is 9.59 Å². The Hall–Kier alpha value is -0.770.